The van der Waals surface area contributed by atoms with E-state index in [9.17, 15) is 8.42 Å². The minimum Gasteiger partial charge on any atom is -0.387 e. The molecule has 106 valence electrons. The highest BCUT2D eigenvalue weighted by atomic mass is 32.2. The van der Waals surface area contributed by atoms with Gasteiger partial charge in [-0.3, -0.25) is 4.98 Å². The molecule has 1 fully saturated rings. The Bertz CT molecular complexity index is 527. The van der Waals surface area contributed by atoms with Gasteiger partial charge in [-0.2, -0.15) is 4.31 Å². The molecule has 0 saturated carbocycles. The van der Waals surface area contributed by atoms with Crippen molar-refractivity contribution in [3.8, 4) is 0 Å². The summed E-state index contributed by atoms with van der Waals surface area (Å²) < 4.78 is 31.8. The lowest BCUT2D eigenvalue weighted by Crippen LogP contribution is -2.34. The molecule has 0 aliphatic carbocycles. The normalized spacial score (nSPS) is 19.8. The maximum atomic E-state index is 12.5. The molecule has 1 unspecified atom stereocenters. The van der Waals surface area contributed by atoms with Gasteiger partial charge in [0.05, 0.1) is 11.8 Å². The van der Waals surface area contributed by atoms with Crippen LogP contribution in [0.3, 0.4) is 0 Å². The summed E-state index contributed by atoms with van der Waals surface area (Å²) >= 11 is 0. The number of hydrogen-bond donors (Lipinski definition) is 1. The Morgan fingerprint density at radius 2 is 2.37 bits per heavy atom. The van der Waals surface area contributed by atoms with E-state index in [0.29, 0.717) is 18.8 Å². The van der Waals surface area contributed by atoms with Crippen LogP contribution in [0.1, 0.15) is 12.8 Å². The van der Waals surface area contributed by atoms with Crippen LogP contribution in [-0.2, 0) is 14.8 Å². The largest absolute Gasteiger partial charge is 0.387 e. The summed E-state index contributed by atoms with van der Waals surface area (Å²) in [6.07, 6.45) is 4.83. The molecule has 7 heteroatoms. The molecule has 6 nitrogen and oxygen atoms in total. The Balaban J connectivity index is 2.20. The molecule has 0 spiro atoms. The average Bonchev–Trinajstić information content (AvgIpc) is 2.91. The highest BCUT2D eigenvalue weighted by molar-refractivity contribution is 7.89. The average molecular weight is 285 g/mol. The van der Waals surface area contributed by atoms with Crippen molar-refractivity contribution in [2.24, 2.45) is 0 Å². The fourth-order valence-corrected chi connectivity index (χ4v) is 3.47. The molecule has 1 atom stereocenters. The van der Waals surface area contributed by atoms with E-state index >= 15 is 0 Å². The smallest absolute Gasteiger partial charge is 0.246 e. The number of nitrogens with one attached hydrogen (secondary N) is 1. The first-order chi connectivity index (χ1) is 9.05. The monoisotopic (exact) mass is 285 g/mol. The predicted molar refractivity (Wildman–Crippen MR) is 72.6 cm³/mol. The number of rotatable bonds is 5. The van der Waals surface area contributed by atoms with Crippen molar-refractivity contribution in [1.29, 1.82) is 0 Å². The van der Waals surface area contributed by atoms with Gasteiger partial charge in [-0.1, -0.05) is 0 Å². The van der Waals surface area contributed by atoms with E-state index in [1.807, 2.05) is 0 Å². The molecule has 2 heterocycles. The molecular weight excluding hydrogens is 266 g/mol. The standard InChI is InChI=1S/C12H19N3O3S/c1-13-11-5-6-14-8-12(11)19(16,17)15(2)9-10-4-3-7-18-10/h5-6,8,10H,3-4,7,9H2,1-2H3,(H,13,14). The second-order valence-corrected chi connectivity index (χ2v) is 6.56. The van der Waals surface area contributed by atoms with Crippen molar-refractivity contribution in [2.75, 3.05) is 32.6 Å². The van der Waals surface area contributed by atoms with Gasteiger partial charge in [0, 0.05) is 39.6 Å². The van der Waals surface area contributed by atoms with E-state index in [1.54, 1.807) is 26.4 Å². The van der Waals surface area contributed by atoms with Crippen LogP contribution < -0.4 is 5.32 Å². The zero-order valence-electron chi connectivity index (χ0n) is 11.2. The zero-order valence-corrected chi connectivity index (χ0v) is 12.0. The van der Waals surface area contributed by atoms with E-state index < -0.39 is 10.0 Å². The van der Waals surface area contributed by atoms with Crippen LogP contribution in [0.2, 0.25) is 0 Å². The summed E-state index contributed by atoms with van der Waals surface area (Å²) in [4.78, 5) is 4.09. The number of nitrogens with zero attached hydrogens (tertiary/aromatic N) is 2. The summed E-state index contributed by atoms with van der Waals surface area (Å²) in [6, 6.07) is 1.65. The third kappa shape index (κ3) is 3.05. The lowest BCUT2D eigenvalue weighted by Gasteiger charge is -2.21. The molecule has 1 aromatic rings. The second kappa shape index (κ2) is 5.85. The van der Waals surface area contributed by atoms with Gasteiger partial charge in [0.25, 0.3) is 0 Å². The van der Waals surface area contributed by atoms with Gasteiger partial charge in [-0.25, -0.2) is 8.42 Å². The van der Waals surface area contributed by atoms with Crippen LogP contribution in [0.25, 0.3) is 0 Å². The number of aromatic nitrogens is 1. The van der Waals surface area contributed by atoms with E-state index in [1.165, 1.54) is 10.5 Å². The van der Waals surface area contributed by atoms with Gasteiger partial charge in [-0.05, 0) is 18.9 Å². The number of hydrogen-bond acceptors (Lipinski definition) is 5. The van der Waals surface area contributed by atoms with Gasteiger partial charge >= 0.3 is 0 Å². The molecule has 1 aromatic heterocycles. The lowest BCUT2D eigenvalue weighted by molar-refractivity contribution is 0.0979. The van der Waals surface area contributed by atoms with Crippen molar-refractivity contribution >= 4 is 15.7 Å². The Morgan fingerprint density at radius 3 is 3.00 bits per heavy atom. The predicted octanol–water partition coefficient (Wildman–Crippen LogP) is 0.923. The Morgan fingerprint density at radius 1 is 1.58 bits per heavy atom. The first-order valence-electron chi connectivity index (χ1n) is 6.25. The van der Waals surface area contributed by atoms with Crippen molar-refractivity contribution < 1.29 is 13.2 Å². The number of ether oxygens (including phenoxy) is 1. The molecular formula is C12H19N3O3S. The topological polar surface area (TPSA) is 71.5 Å². The molecule has 0 radical (unpaired) electrons. The fraction of sp³-hybridized carbons (Fsp3) is 0.583. The Labute approximate surface area is 113 Å². The second-order valence-electron chi connectivity index (χ2n) is 4.54. The summed E-state index contributed by atoms with van der Waals surface area (Å²) in [7, 11) is -0.279. The van der Waals surface area contributed by atoms with Crippen LogP contribution in [-0.4, -0.2) is 51.1 Å². The first kappa shape index (κ1) is 14.2. The number of likely N-dealkylation sites (N-methyl/N-ethyl adjacent to an activating group) is 1. The fourth-order valence-electron chi connectivity index (χ4n) is 2.13. The Hall–Kier alpha value is -1.18. The molecule has 1 N–H and O–H groups in total. The third-order valence-electron chi connectivity index (χ3n) is 3.23. The Kier molecular flexibility index (Phi) is 4.38. The van der Waals surface area contributed by atoms with Gasteiger partial charge in [0.15, 0.2) is 0 Å². The van der Waals surface area contributed by atoms with Crippen LogP contribution in [0.4, 0.5) is 5.69 Å². The number of anilines is 1. The molecule has 0 amide bonds. The lowest BCUT2D eigenvalue weighted by atomic mass is 10.2. The van der Waals surface area contributed by atoms with Crippen molar-refractivity contribution in [1.82, 2.24) is 9.29 Å². The molecule has 1 aliphatic rings. The summed E-state index contributed by atoms with van der Waals surface area (Å²) in [5.41, 5.74) is 0.550. The van der Waals surface area contributed by atoms with Gasteiger partial charge < -0.3 is 10.1 Å². The minimum atomic E-state index is -3.54. The van der Waals surface area contributed by atoms with Crippen LogP contribution in [0.5, 0.6) is 0 Å². The molecule has 2 rings (SSSR count). The highest BCUT2D eigenvalue weighted by Crippen LogP contribution is 2.23. The SMILES string of the molecule is CNc1ccncc1S(=O)(=O)N(C)CC1CCCO1. The van der Waals surface area contributed by atoms with Gasteiger partial charge in [0.1, 0.15) is 4.90 Å². The maximum Gasteiger partial charge on any atom is 0.246 e. The summed E-state index contributed by atoms with van der Waals surface area (Å²) in [5, 5.41) is 2.87. The summed E-state index contributed by atoms with van der Waals surface area (Å²) in [5.74, 6) is 0. The zero-order chi connectivity index (χ0) is 13.9. The molecule has 19 heavy (non-hydrogen) atoms. The van der Waals surface area contributed by atoms with Crippen LogP contribution in [0, 0.1) is 0 Å². The van der Waals surface area contributed by atoms with Crippen LogP contribution >= 0.6 is 0 Å². The number of pyridine rings is 1. The van der Waals surface area contributed by atoms with E-state index in [4.69, 9.17) is 4.74 Å². The molecule has 0 bridgehead atoms. The van der Waals surface area contributed by atoms with Gasteiger partial charge in [0.2, 0.25) is 10.0 Å². The summed E-state index contributed by atoms with van der Waals surface area (Å²) in [6.45, 7) is 1.09. The van der Waals surface area contributed by atoms with E-state index in [0.717, 1.165) is 12.8 Å². The molecule has 1 saturated heterocycles. The third-order valence-corrected chi connectivity index (χ3v) is 5.08. The molecule has 1 aliphatic heterocycles. The first-order valence-corrected chi connectivity index (χ1v) is 7.69. The maximum absolute atomic E-state index is 12.5. The van der Waals surface area contributed by atoms with E-state index in [-0.39, 0.29) is 11.0 Å². The number of sulfonamides is 1. The van der Waals surface area contributed by atoms with Crippen LogP contribution in [0.15, 0.2) is 23.4 Å². The quantitative estimate of drug-likeness (QED) is 0.871. The minimum absolute atomic E-state index is 0.00511. The molecule has 0 aromatic carbocycles. The van der Waals surface area contributed by atoms with Crippen molar-refractivity contribution in [2.45, 2.75) is 23.8 Å². The highest BCUT2D eigenvalue weighted by Gasteiger charge is 2.27. The van der Waals surface area contributed by atoms with Crippen molar-refractivity contribution in [3.05, 3.63) is 18.5 Å². The van der Waals surface area contributed by atoms with Crippen molar-refractivity contribution in [3.63, 3.8) is 0 Å². The van der Waals surface area contributed by atoms with Gasteiger partial charge in [-0.15, -0.1) is 0 Å². The van der Waals surface area contributed by atoms with E-state index in [2.05, 4.69) is 10.3 Å².